The van der Waals surface area contributed by atoms with Crippen LogP contribution in [-0.2, 0) is 0 Å². The molecule has 0 saturated heterocycles. The topological polar surface area (TPSA) is 40.5 Å². The maximum Gasteiger partial charge on any atom is 0.147 e. The summed E-state index contributed by atoms with van der Waals surface area (Å²) < 4.78 is -1.15. The number of hydrogen-bond donors (Lipinski definition) is 2. The van der Waals surface area contributed by atoms with Gasteiger partial charge in [0.2, 0.25) is 0 Å². The van der Waals surface area contributed by atoms with Crippen molar-refractivity contribution in [3.63, 3.8) is 0 Å². The summed E-state index contributed by atoms with van der Waals surface area (Å²) in [7, 11) is 0. The normalized spacial score (nSPS) is 19.3. The van der Waals surface area contributed by atoms with E-state index in [0.717, 1.165) is 0 Å². The van der Waals surface area contributed by atoms with E-state index in [1.807, 2.05) is 20.8 Å². The first kappa shape index (κ1) is 9.40. The van der Waals surface area contributed by atoms with Gasteiger partial charge in [0.1, 0.15) is 4.51 Å². The number of alkyl halides is 1. The van der Waals surface area contributed by atoms with Gasteiger partial charge >= 0.3 is 0 Å². The molecule has 2 N–H and O–H groups in total. The van der Waals surface area contributed by atoms with E-state index in [1.165, 1.54) is 0 Å². The van der Waals surface area contributed by atoms with Crippen molar-refractivity contribution in [3.8, 4) is 0 Å². The number of rotatable bonds is 1. The van der Waals surface area contributed by atoms with E-state index in [1.54, 1.807) is 0 Å². The number of aliphatic hydroxyl groups excluding tert-OH is 1. The first-order chi connectivity index (χ1) is 3.81. The summed E-state index contributed by atoms with van der Waals surface area (Å²) in [6, 6.07) is 0. The lowest BCUT2D eigenvalue weighted by atomic mass is 9.89. The summed E-state index contributed by atoms with van der Waals surface area (Å²) in [4.78, 5) is 0. The van der Waals surface area contributed by atoms with Crippen molar-refractivity contribution in [1.29, 1.82) is 0 Å². The van der Waals surface area contributed by atoms with Crippen LogP contribution in [0.3, 0.4) is 0 Å². The van der Waals surface area contributed by atoms with Crippen LogP contribution in [0.15, 0.2) is 0 Å². The molecule has 0 aromatic rings. The first-order valence-electron chi connectivity index (χ1n) is 2.83. The quantitative estimate of drug-likeness (QED) is 0.618. The molecule has 1 unspecified atom stereocenters. The number of halogens is 1. The second kappa shape index (κ2) is 2.56. The van der Waals surface area contributed by atoms with Crippen LogP contribution in [0.5, 0.6) is 0 Å². The Balaban J connectivity index is 4.14. The van der Waals surface area contributed by atoms with E-state index in [4.69, 9.17) is 5.11 Å². The highest BCUT2D eigenvalue weighted by Gasteiger charge is 2.36. The smallest absolute Gasteiger partial charge is 0.147 e. The molecule has 0 amide bonds. The fourth-order valence-electron chi connectivity index (χ4n) is 0.237. The minimum atomic E-state index is -1.15. The van der Waals surface area contributed by atoms with Gasteiger partial charge in [0, 0.05) is 5.41 Å². The Morgan fingerprint density at radius 3 is 1.67 bits per heavy atom. The summed E-state index contributed by atoms with van der Waals surface area (Å²) >= 11 is 3.01. The minimum Gasteiger partial charge on any atom is -0.392 e. The van der Waals surface area contributed by atoms with Crippen molar-refractivity contribution < 1.29 is 10.2 Å². The molecule has 0 fully saturated rings. The van der Waals surface area contributed by atoms with Crippen LogP contribution in [0.1, 0.15) is 20.8 Å². The third-order valence-corrected chi connectivity index (χ3v) is 2.80. The fourth-order valence-corrected chi connectivity index (χ4v) is 0.237. The van der Waals surface area contributed by atoms with Crippen LogP contribution in [0.2, 0.25) is 0 Å². The Bertz CT molecular complexity index is 93.7. The van der Waals surface area contributed by atoms with Gasteiger partial charge in [-0.2, -0.15) is 0 Å². The number of hydrogen-bond acceptors (Lipinski definition) is 2. The average molecular weight is 197 g/mol. The Morgan fingerprint density at radius 2 is 1.67 bits per heavy atom. The van der Waals surface area contributed by atoms with E-state index >= 15 is 0 Å². The lowest BCUT2D eigenvalue weighted by Crippen LogP contribution is -2.39. The highest BCUT2D eigenvalue weighted by atomic mass is 79.9. The van der Waals surface area contributed by atoms with Crippen LogP contribution in [0.25, 0.3) is 0 Å². The lowest BCUT2D eigenvalue weighted by molar-refractivity contribution is -0.0115. The molecule has 0 aromatic heterocycles. The molecule has 0 saturated carbocycles. The monoisotopic (exact) mass is 196 g/mol. The van der Waals surface area contributed by atoms with Crippen LogP contribution < -0.4 is 0 Å². The van der Waals surface area contributed by atoms with Gasteiger partial charge in [-0.15, -0.1) is 0 Å². The molecule has 0 aromatic carbocycles. The summed E-state index contributed by atoms with van der Waals surface area (Å²) in [5, 5.41) is 18.0. The van der Waals surface area contributed by atoms with Gasteiger partial charge in [0.25, 0.3) is 0 Å². The zero-order valence-corrected chi connectivity index (χ0v) is 7.57. The molecule has 0 spiro atoms. The third kappa shape index (κ3) is 2.24. The van der Waals surface area contributed by atoms with E-state index in [0.29, 0.717) is 0 Å². The van der Waals surface area contributed by atoms with E-state index in [2.05, 4.69) is 15.9 Å². The Kier molecular flexibility index (Phi) is 2.68. The van der Waals surface area contributed by atoms with Crippen molar-refractivity contribution in [2.75, 3.05) is 6.61 Å². The maximum atomic E-state index is 9.33. The molecule has 0 bridgehead atoms. The Morgan fingerprint density at radius 1 is 1.33 bits per heavy atom. The summed E-state index contributed by atoms with van der Waals surface area (Å²) in [6.45, 7) is 5.27. The maximum absolute atomic E-state index is 9.33. The van der Waals surface area contributed by atoms with Crippen molar-refractivity contribution >= 4 is 15.9 Å². The van der Waals surface area contributed by atoms with Crippen LogP contribution in [0, 0.1) is 5.41 Å². The largest absolute Gasteiger partial charge is 0.392 e. The van der Waals surface area contributed by atoms with Crippen molar-refractivity contribution in [1.82, 2.24) is 0 Å². The molecule has 0 radical (unpaired) electrons. The fraction of sp³-hybridized carbons (Fsp3) is 1.00. The molecule has 0 aliphatic rings. The van der Waals surface area contributed by atoms with Crippen LogP contribution >= 0.6 is 15.9 Å². The second-order valence-electron chi connectivity index (χ2n) is 3.17. The summed E-state index contributed by atoms with van der Waals surface area (Å²) in [5.41, 5.74) is -0.332. The molecule has 1 atom stereocenters. The summed E-state index contributed by atoms with van der Waals surface area (Å²) in [6.07, 6.45) is 0. The van der Waals surface area contributed by atoms with Gasteiger partial charge in [-0.25, -0.2) is 0 Å². The molecule has 0 aliphatic carbocycles. The lowest BCUT2D eigenvalue weighted by Gasteiger charge is -2.33. The zero-order valence-electron chi connectivity index (χ0n) is 5.98. The van der Waals surface area contributed by atoms with Gasteiger partial charge < -0.3 is 10.2 Å². The molecular formula is C6H13BrO2. The molecule has 9 heavy (non-hydrogen) atoms. The van der Waals surface area contributed by atoms with Crippen molar-refractivity contribution in [2.45, 2.75) is 25.3 Å². The van der Waals surface area contributed by atoms with Crippen LogP contribution in [0.4, 0.5) is 0 Å². The molecule has 3 heteroatoms. The van der Waals surface area contributed by atoms with Gasteiger partial charge in [-0.05, 0) is 0 Å². The van der Waals surface area contributed by atoms with Gasteiger partial charge in [0.15, 0.2) is 0 Å². The average Bonchev–Trinajstić information content (AvgIpc) is 1.64. The Hall–Kier alpha value is 0.400. The molecule has 0 rings (SSSR count). The van der Waals surface area contributed by atoms with Gasteiger partial charge in [-0.3, -0.25) is 0 Å². The first-order valence-corrected chi connectivity index (χ1v) is 3.63. The molecule has 2 nitrogen and oxygen atoms in total. The second-order valence-corrected chi connectivity index (χ2v) is 4.48. The third-order valence-electron chi connectivity index (χ3n) is 1.36. The Labute approximate surface area is 64.0 Å². The SMILES string of the molecule is CC(C)(C)C(O)(Br)CO. The molecule has 0 heterocycles. The van der Waals surface area contributed by atoms with E-state index in [9.17, 15) is 5.11 Å². The predicted molar refractivity (Wildman–Crippen MR) is 40.4 cm³/mol. The van der Waals surface area contributed by atoms with Crippen molar-refractivity contribution in [2.24, 2.45) is 5.41 Å². The standard InChI is InChI=1S/C6H13BrO2/c1-5(2,3)6(7,9)4-8/h8-9H,4H2,1-3H3. The van der Waals surface area contributed by atoms with Crippen LogP contribution in [-0.4, -0.2) is 21.3 Å². The predicted octanol–water partition coefficient (Wildman–Crippen LogP) is 1.11. The molecule has 56 valence electrons. The number of aliphatic hydroxyl groups is 2. The molecule has 0 aliphatic heterocycles. The van der Waals surface area contributed by atoms with Crippen molar-refractivity contribution in [3.05, 3.63) is 0 Å². The molecular weight excluding hydrogens is 184 g/mol. The zero-order chi connectivity index (χ0) is 7.71. The minimum absolute atomic E-state index is 0.267. The van der Waals surface area contributed by atoms with E-state index < -0.39 is 4.51 Å². The van der Waals surface area contributed by atoms with Gasteiger partial charge in [-0.1, -0.05) is 36.7 Å². The summed E-state index contributed by atoms with van der Waals surface area (Å²) in [5.74, 6) is 0. The highest BCUT2D eigenvalue weighted by Crippen LogP contribution is 2.34. The van der Waals surface area contributed by atoms with Gasteiger partial charge in [0.05, 0.1) is 6.61 Å². The highest BCUT2D eigenvalue weighted by molar-refractivity contribution is 9.10. The van der Waals surface area contributed by atoms with E-state index in [-0.39, 0.29) is 12.0 Å².